The van der Waals surface area contributed by atoms with Gasteiger partial charge in [0.25, 0.3) is 0 Å². The Labute approximate surface area is 97.9 Å². The summed E-state index contributed by atoms with van der Waals surface area (Å²) >= 11 is 0. The summed E-state index contributed by atoms with van der Waals surface area (Å²) in [6.45, 7) is -0.720. The quantitative estimate of drug-likeness (QED) is 0.655. The van der Waals surface area contributed by atoms with Crippen molar-refractivity contribution >= 4 is 5.69 Å². The van der Waals surface area contributed by atoms with E-state index in [9.17, 15) is 23.3 Å². The molecule has 0 saturated heterocycles. The number of nitrogens with zero attached hydrogens (tertiary/aromatic N) is 2. The number of aliphatic hydroxyl groups excluding tert-OH is 1. The Balaban J connectivity index is 3.39. The summed E-state index contributed by atoms with van der Waals surface area (Å²) in [5, 5.41) is 19.4. The Morgan fingerprint density at radius 3 is 2.56 bits per heavy atom. The van der Waals surface area contributed by atoms with Gasteiger partial charge in [0.15, 0.2) is 0 Å². The van der Waals surface area contributed by atoms with Gasteiger partial charge in [-0.1, -0.05) is 0 Å². The zero-order chi connectivity index (χ0) is 13.9. The number of pyridine rings is 1. The molecule has 10 heteroatoms. The maximum atomic E-state index is 12.1. The van der Waals surface area contributed by atoms with Crippen LogP contribution in [0, 0.1) is 10.1 Å². The van der Waals surface area contributed by atoms with Gasteiger partial charge in [0.2, 0.25) is 5.75 Å². The molecule has 0 aliphatic rings. The van der Waals surface area contributed by atoms with E-state index in [-0.39, 0.29) is 5.69 Å². The number of rotatable bonds is 4. The van der Waals surface area contributed by atoms with Crippen molar-refractivity contribution in [3.05, 3.63) is 21.9 Å². The molecule has 1 aromatic heterocycles. The van der Waals surface area contributed by atoms with E-state index in [1.165, 1.54) is 0 Å². The number of ether oxygens (including phenoxy) is 2. The lowest BCUT2D eigenvalue weighted by Gasteiger charge is -2.11. The molecule has 1 heterocycles. The number of aromatic nitrogens is 1. The molecule has 100 valence electrons. The molecule has 0 atom stereocenters. The lowest BCUT2D eigenvalue weighted by atomic mass is 10.3. The monoisotopic (exact) mass is 268 g/mol. The summed E-state index contributed by atoms with van der Waals surface area (Å²) in [6.07, 6.45) is -5.14. The van der Waals surface area contributed by atoms with Gasteiger partial charge in [-0.25, -0.2) is 4.98 Å². The van der Waals surface area contributed by atoms with Crippen LogP contribution in [0.4, 0.5) is 18.9 Å². The fraction of sp³-hybridized carbons (Fsp3) is 0.375. The van der Waals surface area contributed by atoms with Crippen LogP contribution < -0.4 is 9.47 Å². The normalized spacial score (nSPS) is 11.2. The number of methoxy groups -OCH3 is 1. The first-order chi connectivity index (χ1) is 8.28. The number of aliphatic hydroxyl groups is 1. The van der Waals surface area contributed by atoms with Crippen LogP contribution in [0.15, 0.2) is 6.07 Å². The molecular weight excluding hydrogens is 261 g/mol. The summed E-state index contributed by atoms with van der Waals surface area (Å²) in [7, 11) is 1.03. The van der Waals surface area contributed by atoms with E-state index < -0.39 is 35.2 Å². The molecule has 0 radical (unpaired) electrons. The first kappa shape index (κ1) is 14.0. The minimum absolute atomic E-state index is 0.253. The summed E-state index contributed by atoms with van der Waals surface area (Å²) in [4.78, 5) is 12.7. The Kier molecular flexibility index (Phi) is 3.91. The van der Waals surface area contributed by atoms with E-state index >= 15 is 0 Å². The van der Waals surface area contributed by atoms with E-state index in [2.05, 4.69) is 14.5 Å². The standard InChI is InChI=1S/C8H7F3N2O5/c1-17-5-2-4(3-14)12-7(6(5)13(15)16)18-8(9,10)11/h2,14H,3H2,1H3. The van der Waals surface area contributed by atoms with Gasteiger partial charge in [-0.2, -0.15) is 0 Å². The van der Waals surface area contributed by atoms with Crippen LogP contribution in [0.2, 0.25) is 0 Å². The molecule has 1 aromatic rings. The van der Waals surface area contributed by atoms with Crippen LogP contribution >= 0.6 is 0 Å². The van der Waals surface area contributed by atoms with Gasteiger partial charge in [0, 0.05) is 6.07 Å². The fourth-order valence-corrected chi connectivity index (χ4v) is 1.13. The van der Waals surface area contributed by atoms with E-state index in [0.717, 1.165) is 13.2 Å². The van der Waals surface area contributed by atoms with Crippen molar-refractivity contribution in [3.8, 4) is 11.6 Å². The predicted molar refractivity (Wildman–Crippen MR) is 50.0 cm³/mol. The largest absolute Gasteiger partial charge is 0.574 e. The van der Waals surface area contributed by atoms with E-state index in [1.807, 2.05) is 0 Å². The van der Waals surface area contributed by atoms with Crippen LogP contribution in [0.25, 0.3) is 0 Å². The van der Waals surface area contributed by atoms with Crippen molar-refractivity contribution < 1.29 is 32.7 Å². The second-order valence-corrected chi connectivity index (χ2v) is 2.93. The average Bonchev–Trinajstić information content (AvgIpc) is 2.25. The molecule has 0 fully saturated rings. The maximum absolute atomic E-state index is 12.1. The van der Waals surface area contributed by atoms with Crippen molar-refractivity contribution in [1.29, 1.82) is 0 Å². The van der Waals surface area contributed by atoms with Crippen LogP contribution in [-0.4, -0.2) is 28.5 Å². The highest BCUT2D eigenvalue weighted by atomic mass is 19.4. The molecule has 0 aliphatic carbocycles. The van der Waals surface area contributed by atoms with Crippen molar-refractivity contribution in [2.45, 2.75) is 13.0 Å². The van der Waals surface area contributed by atoms with Gasteiger partial charge in [0.1, 0.15) is 0 Å². The number of halogens is 3. The molecule has 0 bridgehead atoms. The zero-order valence-corrected chi connectivity index (χ0v) is 8.89. The summed E-state index contributed by atoms with van der Waals surface area (Å²) in [5.74, 6) is -1.77. The molecule has 7 nitrogen and oxygen atoms in total. The smallest absolute Gasteiger partial charge is 0.490 e. The van der Waals surface area contributed by atoms with Crippen LogP contribution in [0.1, 0.15) is 5.69 Å². The summed E-state index contributed by atoms with van der Waals surface area (Å²) < 4.78 is 44.2. The molecule has 0 amide bonds. The van der Waals surface area contributed by atoms with Crippen LogP contribution in [-0.2, 0) is 6.61 Å². The summed E-state index contributed by atoms with van der Waals surface area (Å²) in [5.41, 5.74) is -1.32. The second kappa shape index (κ2) is 5.04. The number of alkyl halides is 3. The third kappa shape index (κ3) is 3.20. The third-order valence-electron chi connectivity index (χ3n) is 1.76. The molecule has 18 heavy (non-hydrogen) atoms. The molecule has 1 rings (SSSR count). The second-order valence-electron chi connectivity index (χ2n) is 2.93. The molecule has 0 saturated carbocycles. The van der Waals surface area contributed by atoms with Crippen LogP contribution in [0.5, 0.6) is 11.6 Å². The SMILES string of the molecule is COc1cc(CO)nc(OC(F)(F)F)c1[N+](=O)[O-]. The molecule has 0 spiro atoms. The maximum Gasteiger partial charge on any atom is 0.574 e. The highest BCUT2D eigenvalue weighted by molar-refractivity contribution is 5.54. The number of hydrogen-bond acceptors (Lipinski definition) is 6. The van der Waals surface area contributed by atoms with Gasteiger partial charge in [-0.3, -0.25) is 10.1 Å². The Bertz CT molecular complexity index is 463. The number of hydrogen-bond donors (Lipinski definition) is 1. The molecular formula is C8H7F3N2O5. The molecule has 0 aliphatic heterocycles. The van der Waals surface area contributed by atoms with Gasteiger partial charge in [-0.15, -0.1) is 13.2 Å². The topological polar surface area (TPSA) is 94.7 Å². The zero-order valence-electron chi connectivity index (χ0n) is 8.89. The van der Waals surface area contributed by atoms with E-state index in [0.29, 0.717) is 0 Å². The Morgan fingerprint density at radius 1 is 1.56 bits per heavy atom. The lowest BCUT2D eigenvalue weighted by molar-refractivity contribution is -0.390. The van der Waals surface area contributed by atoms with Gasteiger partial charge < -0.3 is 14.6 Å². The van der Waals surface area contributed by atoms with Crippen molar-refractivity contribution in [2.24, 2.45) is 0 Å². The molecule has 0 unspecified atom stereocenters. The Hall–Kier alpha value is -2.10. The highest BCUT2D eigenvalue weighted by Gasteiger charge is 2.37. The number of nitro groups is 1. The molecule has 1 N–H and O–H groups in total. The van der Waals surface area contributed by atoms with Gasteiger partial charge in [-0.05, 0) is 0 Å². The highest BCUT2D eigenvalue weighted by Crippen LogP contribution is 2.38. The van der Waals surface area contributed by atoms with Crippen molar-refractivity contribution in [3.63, 3.8) is 0 Å². The Morgan fingerprint density at radius 2 is 2.17 bits per heavy atom. The van der Waals surface area contributed by atoms with Crippen molar-refractivity contribution in [2.75, 3.05) is 7.11 Å². The average molecular weight is 268 g/mol. The first-order valence-electron chi connectivity index (χ1n) is 4.37. The van der Waals surface area contributed by atoms with Gasteiger partial charge in [0.05, 0.1) is 24.3 Å². The predicted octanol–water partition coefficient (Wildman–Crippen LogP) is 1.39. The minimum Gasteiger partial charge on any atom is -0.490 e. The van der Waals surface area contributed by atoms with E-state index in [4.69, 9.17) is 5.11 Å². The van der Waals surface area contributed by atoms with Crippen molar-refractivity contribution in [1.82, 2.24) is 4.98 Å². The fourth-order valence-electron chi connectivity index (χ4n) is 1.13. The molecule has 0 aromatic carbocycles. The van der Waals surface area contributed by atoms with Gasteiger partial charge >= 0.3 is 17.9 Å². The first-order valence-corrected chi connectivity index (χ1v) is 4.37. The third-order valence-corrected chi connectivity index (χ3v) is 1.76. The summed E-state index contributed by atoms with van der Waals surface area (Å²) in [6, 6.07) is 0.946. The minimum atomic E-state index is -5.14. The van der Waals surface area contributed by atoms with Crippen LogP contribution in [0.3, 0.4) is 0 Å². The van der Waals surface area contributed by atoms with E-state index in [1.54, 1.807) is 0 Å². The lowest BCUT2D eigenvalue weighted by Crippen LogP contribution is -2.19.